The van der Waals surface area contributed by atoms with E-state index in [4.69, 9.17) is 4.74 Å². The first-order valence-corrected chi connectivity index (χ1v) is 7.38. The average Bonchev–Trinajstić information content (AvgIpc) is 2.91. The molecule has 3 rings (SSSR count). The SMILES string of the molecule is CN(Cc1n[nH]c2c1CCCC2)C(=O)C1CNCCO1.Cl. The maximum Gasteiger partial charge on any atom is 0.253 e. The Morgan fingerprint density at radius 1 is 1.43 bits per heavy atom. The van der Waals surface area contributed by atoms with Crippen LogP contribution >= 0.6 is 12.4 Å². The number of fused-ring (bicyclic) bond motifs is 1. The summed E-state index contributed by atoms with van der Waals surface area (Å²) in [4.78, 5) is 14.0. The lowest BCUT2D eigenvalue weighted by Crippen LogP contribution is -2.48. The molecule has 1 amide bonds. The molecule has 7 heteroatoms. The molecule has 0 radical (unpaired) electrons. The number of amides is 1. The van der Waals surface area contributed by atoms with E-state index < -0.39 is 0 Å². The number of halogens is 1. The lowest BCUT2D eigenvalue weighted by atomic mass is 9.96. The molecular formula is C14H23ClN4O2. The number of nitrogens with zero attached hydrogens (tertiary/aromatic N) is 2. The first-order chi connectivity index (χ1) is 9.75. The molecule has 0 aromatic carbocycles. The number of carbonyl (C=O) groups is 1. The number of carbonyl (C=O) groups excluding carboxylic acids is 1. The Bertz CT molecular complexity index is 485. The summed E-state index contributed by atoms with van der Waals surface area (Å²) in [6, 6.07) is 0. The minimum absolute atomic E-state index is 0. The number of aromatic nitrogens is 2. The summed E-state index contributed by atoms with van der Waals surface area (Å²) in [6.07, 6.45) is 4.24. The van der Waals surface area contributed by atoms with Crippen molar-refractivity contribution in [3.8, 4) is 0 Å². The zero-order chi connectivity index (χ0) is 13.9. The van der Waals surface area contributed by atoms with Crippen LogP contribution in [0.2, 0.25) is 0 Å². The third-order valence-corrected chi connectivity index (χ3v) is 4.11. The fraction of sp³-hybridized carbons (Fsp3) is 0.714. The van der Waals surface area contributed by atoms with Gasteiger partial charge in [0.2, 0.25) is 0 Å². The molecule has 1 fully saturated rings. The van der Waals surface area contributed by atoms with Crippen molar-refractivity contribution in [3.05, 3.63) is 17.0 Å². The Labute approximate surface area is 131 Å². The molecule has 1 saturated heterocycles. The van der Waals surface area contributed by atoms with Gasteiger partial charge in [0.1, 0.15) is 6.10 Å². The van der Waals surface area contributed by atoms with Crippen molar-refractivity contribution in [2.45, 2.75) is 38.3 Å². The lowest BCUT2D eigenvalue weighted by Gasteiger charge is -2.27. The Hall–Kier alpha value is -1.11. The van der Waals surface area contributed by atoms with Gasteiger partial charge < -0.3 is 15.0 Å². The van der Waals surface area contributed by atoms with E-state index in [0.29, 0.717) is 19.7 Å². The van der Waals surface area contributed by atoms with E-state index in [9.17, 15) is 4.79 Å². The zero-order valence-electron chi connectivity index (χ0n) is 12.4. The fourth-order valence-corrected chi connectivity index (χ4v) is 2.95. The van der Waals surface area contributed by atoms with E-state index in [1.165, 1.54) is 24.1 Å². The quantitative estimate of drug-likeness (QED) is 0.860. The number of H-pyrrole nitrogens is 1. The van der Waals surface area contributed by atoms with Crippen LogP contribution in [0.3, 0.4) is 0 Å². The van der Waals surface area contributed by atoms with E-state index in [1.54, 1.807) is 4.90 Å². The van der Waals surface area contributed by atoms with Crippen LogP contribution in [0.4, 0.5) is 0 Å². The number of hydrogen-bond donors (Lipinski definition) is 2. The standard InChI is InChI=1S/C14H22N4O2.ClH/c1-18(14(19)13-8-15-6-7-20-13)9-12-10-4-2-3-5-11(10)16-17-12;/h13,15H,2-9H2,1H3,(H,16,17);1H. The highest BCUT2D eigenvalue weighted by molar-refractivity contribution is 5.85. The second-order valence-corrected chi connectivity index (χ2v) is 5.59. The number of ether oxygens (including phenoxy) is 1. The van der Waals surface area contributed by atoms with Crippen molar-refractivity contribution in [1.29, 1.82) is 0 Å². The molecular weight excluding hydrogens is 292 g/mol. The zero-order valence-corrected chi connectivity index (χ0v) is 13.2. The van der Waals surface area contributed by atoms with Crippen LogP contribution in [0.5, 0.6) is 0 Å². The highest BCUT2D eigenvalue weighted by Gasteiger charge is 2.26. The van der Waals surface area contributed by atoms with Gasteiger partial charge in [-0.1, -0.05) is 0 Å². The van der Waals surface area contributed by atoms with E-state index in [1.807, 2.05) is 7.05 Å². The van der Waals surface area contributed by atoms with Crippen molar-refractivity contribution in [1.82, 2.24) is 20.4 Å². The highest BCUT2D eigenvalue weighted by atomic mass is 35.5. The van der Waals surface area contributed by atoms with Crippen LogP contribution in [-0.2, 0) is 28.9 Å². The molecule has 2 N–H and O–H groups in total. The molecule has 118 valence electrons. The van der Waals surface area contributed by atoms with Crippen molar-refractivity contribution in [2.24, 2.45) is 0 Å². The van der Waals surface area contributed by atoms with Crippen molar-refractivity contribution in [3.63, 3.8) is 0 Å². The molecule has 6 nitrogen and oxygen atoms in total. The van der Waals surface area contributed by atoms with Gasteiger partial charge in [0.15, 0.2) is 0 Å². The Morgan fingerprint density at radius 2 is 2.24 bits per heavy atom. The predicted molar refractivity (Wildman–Crippen MR) is 81.6 cm³/mol. The normalized spacial score (nSPS) is 21.3. The molecule has 1 aliphatic carbocycles. The second-order valence-electron chi connectivity index (χ2n) is 5.59. The summed E-state index contributed by atoms with van der Waals surface area (Å²) in [5.41, 5.74) is 3.58. The summed E-state index contributed by atoms with van der Waals surface area (Å²) in [7, 11) is 1.82. The van der Waals surface area contributed by atoms with Gasteiger partial charge in [0.25, 0.3) is 5.91 Å². The van der Waals surface area contributed by atoms with Gasteiger partial charge >= 0.3 is 0 Å². The number of morpholine rings is 1. The molecule has 0 bridgehead atoms. The number of rotatable bonds is 3. The Balaban J connectivity index is 0.00000161. The summed E-state index contributed by atoms with van der Waals surface area (Å²) >= 11 is 0. The van der Waals surface area contributed by atoms with Crippen molar-refractivity contribution in [2.75, 3.05) is 26.7 Å². The summed E-state index contributed by atoms with van der Waals surface area (Å²) in [5, 5.41) is 10.7. The topological polar surface area (TPSA) is 70.2 Å². The van der Waals surface area contributed by atoms with Gasteiger partial charge in [-0.3, -0.25) is 9.89 Å². The Kier molecular flexibility index (Phi) is 5.61. The van der Waals surface area contributed by atoms with Crippen LogP contribution in [0, 0.1) is 0 Å². The van der Waals surface area contributed by atoms with Crippen LogP contribution in [-0.4, -0.2) is 53.9 Å². The third-order valence-electron chi connectivity index (χ3n) is 4.11. The molecule has 0 spiro atoms. The minimum Gasteiger partial charge on any atom is -0.366 e. The summed E-state index contributed by atoms with van der Waals surface area (Å²) in [5.74, 6) is 0.0322. The summed E-state index contributed by atoms with van der Waals surface area (Å²) < 4.78 is 5.51. The average molecular weight is 315 g/mol. The van der Waals surface area contributed by atoms with Crippen molar-refractivity contribution < 1.29 is 9.53 Å². The largest absolute Gasteiger partial charge is 0.366 e. The number of aromatic amines is 1. The lowest BCUT2D eigenvalue weighted by molar-refractivity contribution is -0.144. The van der Waals surface area contributed by atoms with Gasteiger partial charge in [0, 0.05) is 25.8 Å². The van der Waals surface area contributed by atoms with Gasteiger partial charge in [-0.15, -0.1) is 12.4 Å². The molecule has 1 unspecified atom stereocenters. The molecule has 2 heterocycles. The third kappa shape index (κ3) is 3.56. The molecule has 1 aliphatic heterocycles. The van der Waals surface area contributed by atoms with Crippen LogP contribution < -0.4 is 5.32 Å². The first kappa shape index (κ1) is 16.3. The maximum atomic E-state index is 12.3. The number of hydrogen-bond acceptors (Lipinski definition) is 4. The van der Waals surface area contributed by atoms with Gasteiger partial charge in [-0.05, 0) is 31.2 Å². The monoisotopic (exact) mass is 314 g/mol. The predicted octanol–water partition coefficient (Wildman–Crippen LogP) is 0.657. The smallest absolute Gasteiger partial charge is 0.253 e. The molecule has 2 aliphatic rings. The fourth-order valence-electron chi connectivity index (χ4n) is 2.95. The van der Waals surface area contributed by atoms with Crippen LogP contribution in [0.25, 0.3) is 0 Å². The number of likely N-dealkylation sites (N-methyl/N-ethyl adjacent to an activating group) is 1. The first-order valence-electron chi connectivity index (χ1n) is 7.38. The van der Waals surface area contributed by atoms with Crippen molar-refractivity contribution >= 4 is 18.3 Å². The second kappa shape index (κ2) is 7.24. The van der Waals surface area contributed by atoms with Crippen LogP contribution in [0.15, 0.2) is 0 Å². The molecule has 21 heavy (non-hydrogen) atoms. The van der Waals surface area contributed by atoms with E-state index in [2.05, 4.69) is 15.5 Å². The molecule has 1 aromatic rings. The Morgan fingerprint density at radius 3 is 3.00 bits per heavy atom. The maximum absolute atomic E-state index is 12.3. The van der Waals surface area contributed by atoms with E-state index >= 15 is 0 Å². The molecule has 1 atom stereocenters. The van der Waals surface area contributed by atoms with Crippen LogP contribution in [0.1, 0.15) is 29.8 Å². The highest BCUT2D eigenvalue weighted by Crippen LogP contribution is 2.23. The minimum atomic E-state index is -0.358. The molecule has 0 saturated carbocycles. The van der Waals surface area contributed by atoms with E-state index in [0.717, 1.165) is 25.1 Å². The van der Waals surface area contributed by atoms with Gasteiger partial charge in [-0.25, -0.2) is 0 Å². The number of aryl methyl sites for hydroxylation is 1. The number of nitrogens with one attached hydrogen (secondary N) is 2. The van der Waals surface area contributed by atoms with E-state index in [-0.39, 0.29) is 24.4 Å². The van der Waals surface area contributed by atoms with Gasteiger partial charge in [0.05, 0.1) is 18.8 Å². The molecule has 1 aromatic heterocycles. The van der Waals surface area contributed by atoms with Gasteiger partial charge in [-0.2, -0.15) is 5.10 Å². The summed E-state index contributed by atoms with van der Waals surface area (Å²) in [6.45, 7) is 2.58.